The molecular weight excluding hydrogens is 513 g/mol. The third-order valence-electron chi connectivity index (χ3n) is 7.01. The summed E-state index contributed by atoms with van der Waals surface area (Å²) in [7, 11) is -3.94. The second-order valence-electron chi connectivity index (χ2n) is 9.42. The summed E-state index contributed by atoms with van der Waals surface area (Å²) < 4.78 is 43.1. The number of sulfonamides is 1. The predicted molar refractivity (Wildman–Crippen MR) is 143 cm³/mol. The second-order valence-corrected chi connectivity index (χ2v) is 11.8. The minimum atomic E-state index is -3.94. The van der Waals surface area contributed by atoms with Crippen molar-refractivity contribution in [2.24, 2.45) is 0 Å². The minimum Gasteiger partial charge on any atom is -0.345 e. The quantitative estimate of drug-likeness (QED) is 0.328. The SMILES string of the molecule is CCN(CC(=O)N(Cc1cccn1Cc1ccccc1Cl)C1CCCCC1)S(=O)(=O)c1ccc(F)cc1. The zero-order valence-electron chi connectivity index (χ0n) is 21.0. The molecule has 37 heavy (non-hydrogen) atoms. The molecule has 4 rings (SSSR count). The number of benzene rings is 2. The van der Waals surface area contributed by atoms with Crippen LogP contribution in [0.3, 0.4) is 0 Å². The van der Waals surface area contributed by atoms with Crippen molar-refractivity contribution in [1.82, 2.24) is 13.8 Å². The largest absolute Gasteiger partial charge is 0.345 e. The monoisotopic (exact) mass is 545 g/mol. The van der Waals surface area contributed by atoms with E-state index in [9.17, 15) is 17.6 Å². The van der Waals surface area contributed by atoms with Crippen LogP contribution in [0.15, 0.2) is 71.8 Å². The van der Waals surface area contributed by atoms with E-state index in [1.54, 1.807) is 6.92 Å². The highest BCUT2D eigenvalue weighted by Crippen LogP contribution is 2.26. The zero-order chi connectivity index (χ0) is 26.4. The van der Waals surface area contributed by atoms with Crippen molar-refractivity contribution in [2.45, 2.75) is 63.1 Å². The van der Waals surface area contributed by atoms with E-state index >= 15 is 0 Å². The lowest BCUT2D eigenvalue weighted by molar-refractivity contribution is -0.135. The van der Waals surface area contributed by atoms with E-state index in [0.29, 0.717) is 18.1 Å². The summed E-state index contributed by atoms with van der Waals surface area (Å²) in [4.78, 5) is 15.5. The molecule has 1 amide bonds. The molecule has 1 fully saturated rings. The minimum absolute atomic E-state index is 0.0265. The summed E-state index contributed by atoms with van der Waals surface area (Å²) in [5.74, 6) is -0.744. The number of halogens is 2. The topological polar surface area (TPSA) is 62.6 Å². The smallest absolute Gasteiger partial charge is 0.243 e. The molecule has 6 nitrogen and oxygen atoms in total. The zero-order valence-corrected chi connectivity index (χ0v) is 22.6. The molecule has 1 aliphatic rings. The molecule has 0 aliphatic heterocycles. The van der Waals surface area contributed by atoms with E-state index in [2.05, 4.69) is 4.57 Å². The second kappa shape index (κ2) is 12.2. The Bertz CT molecular complexity index is 1300. The van der Waals surface area contributed by atoms with Crippen molar-refractivity contribution in [3.63, 3.8) is 0 Å². The van der Waals surface area contributed by atoms with Crippen LogP contribution in [-0.4, -0.2) is 47.2 Å². The van der Waals surface area contributed by atoms with Gasteiger partial charge < -0.3 is 9.47 Å². The fourth-order valence-electron chi connectivity index (χ4n) is 4.91. The van der Waals surface area contributed by atoms with E-state index in [1.807, 2.05) is 47.5 Å². The highest BCUT2D eigenvalue weighted by molar-refractivity contribution is 7.89. The molecule has 1 aromatic heterocycles. The van der Waals surface area contributed by atoms with E-state index in [-0.39, 0.29) is 29.9 Å². The van der Waals surface area contributed by atoms with Gasteiger partial charge in [-0.1, -0.05) is 56.0 Å². The fraction of sp³-hybridized carbons (Fsp3) is 0.393. The first-order chi connectivity index (χ1) is 17.8. The molecule has 0 atom stereocenters. The van der Waals surface area contributed by atoms with Crippen molar-refractivity contribution < 1.29 is 17.6 Å². The van der Waals surface area contributed by atoms with E-state index in [4.69, 9.17) is 11.6 Å². The number of likely N-dealkylation sites (N-methyl/N-ethyl adjacent to an activating group) is 1. The van der Waals surface area contributed by atoms with Crippen molar-refractivity contribution >= 4 is 27.5 Å². The molecule has 1 heterocycles. The van der Waals surface area contributed by atoms with Crippen LogP contribution in [0.25, 0.3) is 0 Å². The molecule has 0 radical (unpaired) electrons. The molecule has 3 aromatic rings. The number of nitrogens with zero attached hydrogens (tertiary/aromatic N) is 3. The number of carbonyl (C=O) groups excluding carboxylic acids is 1. The van der Waals surface area contributed by atoms with Crippen molar-refractivity contribution in [2.75, 3.05) is 13.1 Å². The Morgan fingerprint density at radius 1 is 1.03 bits per heavy atom. The van der Waals surface area contributed by atoms with Gasteiger partial charge in [-0.05, 0) is 60.9 Å². The van der Waals surface area contributed by atoms with Gasteiger partial charge in [0.2, 0.25) is 15.9 Å². The number of carbonyl (C=O) groups is 1. The summed E-state index contributed by atoms with van der Waals surface area (Å²) in [6.07, 6.45) is 6.99. The fourth-order valence-corrected chi connectivity index (χ4v) is 6.50. The molecule has 1 saturated carbocycles. The molecule has 0 saturated heterocycles. The summed E-state index contributed by atoms with van der Waals surface area (Å²) >= 11 is 6.39. The summed E-state index contributed by atoms with van der Waals surface area (Å²) in [6, 6.07) is 16.4. The number of hydrogen-bond donors (Lipinski definition) is 0. The maximum Gasteiger partial charge on any atom is 0.243 e. The first-order valence-electron chi connectivity index (χ1n) is 12.7. The van der Waals surface area contributed by atoms with Crippen molar-refractivity contribution in [3.8, 4) is 0 Å². The molecular formula is C28H33ClFN3O3S. The Kier molecular flexibility index (Phi) is 9.05. The summed E-state index contributed by atoms with van der Waals surface area (Å²) in [6.45, 7) is 2.53. The highest BCUT2D eigenvalue weighted by atomic mass is 35.5. The Hall–Kier alpha value is -2.68. The number of hydrogen-bond acceptors (Lipinski definition) is 3. The van der Waals surface area contributed by atoms with Crippen LogP contribution in [0.2, 0.25) is 5.02 Å². The highest BCUT2D eigenvalue weighted by Gasteiger charge is 2.31. The van der Waals surface area contributed by atoms with Gasteiger partial charge in [-0.25, -0.2) is 12.8 Å². The Morgan fingerprint density at radius 2 is 1.73 bits per heavy atom. The third-order valence-corrected chi connectivity index (χ3v) is 9.31. The Morgan fingerprint density at radius 3 is 2.41 bits per heavy atom. The van der Waals surface area contributed by atoms with Crippen LogP contribution < -0.4 is 0 Å². The van der Waals surface area contributed by atoms with Crippen LogP contribution >= 0.6 is 11.6 Å². The van der Waals surface area contributed by atoms with E-state index in [1.165, 1.54) is 16.4 Å². The summed E-state index contributed by atoms with van der Waals surface area (Å²) in [5, 5.41) is 0.687. The number of aromatic nitrogens is 1. The molecule has 0 unspecified atom stereocenters. The van der Waals surface area contributed by atoms with Gasteiger partial charge in [0.1, 0.15) is 5.82 Å². The molecule has 0 bridgehead atoms. The lowest BCUT2D eigenvalue weighted by Gasteiger charge is -2.36. The number of amides is 1. The molecule has 198 valence electrons. The first-order valence-corrected chi connectivity index (χ1v) is 14.5. The molecule has 9 heteroatoms. The van der Waals surface area contributed by atoms with Crippen LogP contribution in [0.1, 0.15) is 50.3 Å². The van der Waals surface area contributed by atoms with Gasteiger partial charge in [0.15, 0.2) is 0 Å². The third kappa shape index (κ3) is 6.61. The summed E-state index contributed by atoms with van der Waals surface area (Å²) in [5.41, 5.74) is 1.95. The molecule has 1 aliphatic carbocycles. The Labute approximate surface area is 223 Å². The Balaban J connectivity index is 1.56. The van der Waals surface area contributed by atoms with Gasteiger partial charge in [-0.2, -0.15) is 4.31 Å². The van der Waals surface area contributed by atoms with Gasteiger partial charge in [-0.15, -0.1) is 0 Å². The average molecular weight is 546 g/mol. The van der Waals surface area contributed by atoms with Gasteiger partial charge in [-0.3, -0.25) is 4.79 Å². The van der Waals surface area contributed by atoms with Crippen LogP contribution in [0, 0.1) is 5.82 Å². The lowest BCUT2D eigenvalue weighted by Crippen LogP contribution is -2.47. The van der Waals surface area contributed by atoms with Crippen LogP contribution in [0.4, 0.5) is 4.39 Å². The van der Waals surface area contributed by atoms with Crippen LogP contribution in [0.5, 0.6) is 0 Å². The van der Waals surface area contributed by atoms with Gasteiger partial charge in [0, 0.05) is 36.0 Å². The first kappa shape index (κ1) is 27.4. The van der Waals surface area contributed by atoms with E-state index in [0.717, 1.165) is 55.5 Å². The maximum absolute atomic E-state index is 13.7. The molecule has 2 aromatic carbocycles. The van der Waals surface area contributed by atoms with Crippen LogP contribution in [-0.2, 0) is 27.9 Å². The standard InChI is InChI=1S/C28H33ClFN3O3S/c1-2-32(37(35,36)26-16-14-23(30)15-17-26)21-28(34)33(24-10-4-3-5-11-24)20-25-12-8-18-31(25)19-22-9-6-7-13-27(22)29/h6-9,12-18,24H,2-5,10-11,19-21H2,1H3. The van der Waals surface area contributed by atoms with E-state index < -0.39 is 15.8 Å². The van der Waals surface area contributed by atoms with Gasteiger partial charge in [0.05, 0.1) is 18.0 Å². The van der Waals surface area contributed by atoms with Gasteiger partial charge in [0.25, 0.3) is 0 Å². The van der Waals surface area contributed by atoms with Crippen molar-refractivity contribution in [1.29, 1.82) is 0 Å². The normalized spacial score (nSPS) is 14.7. The van der Waals surface area contributed by atoms with Gasteiger partial charge >= 0.3 is 0 Å². The average Bonchev–Trinajstić information content (AvgIpc) is 3.34. The number of rotatable bonds is 10. The molecule has 0 spiro atoms. The predicted octanol–water partition coefficient (Wildman–Crippen LogP) is 5.70. The molecule has 0 N–H and O–H groups in total. The van der Waals surface area contributed by atoms with Crippen molar-refractivity contribution in [3.05, 3.63) is 89.0 Å². The maximum atomic E-state index is 13.7. The lowest BCUT2D eigenvalue weighted by atomic mass is 9.94.